The lowest BCUT2D eigenvalue weighted by Crippen LogP contribution is -2.06. The van der Waals surface area contributed by atoms with E-state index in [1.807, 2.05) is 0 Å². The molecule has 0 saturated heterocycles. The Balaban J connectivity index is 3.08. The molecule has 0 spiro atoms. The number of carboxylic acids is 1. The Morgan fingerprint density at radius 2 is 2.18 bits per heavy atom. The van der Waals surface area contributed by atoms with Gasteiger partial charge in [-0.15, -0.1) is 0 Å². The van der Waals surface area contributed by atoms with Crippen molar-refractivity contribution < 1.29 is 14.0 Å². The molecule has 0 amide bonds. The average molecular weight is 153 g/mol. The zero-order valence-electron chi connectivity index (χ0n) is 8.82. The second-order valence-electron chi connectivity index (χ2n) is 2.18. The zero-order valence-corrected chi connectivity index (χ0v) is 5.82. The van der Waals surface area contributed by atoms with Gasteiger partial charge in [-0.05, 0) is 12.4 Å². The number of benzene rings is 1. The molecule has 0 aromatic heterocycles. The maximum atomic E-state index is 10.8. The number of hydrogen-bond donors (Lipinski definition) is 1. The van der Waals surface area contributed by atoms with Crippen molar-refractivity contribution in [2.24, 2.45) is 0 Å². The first-order valence-corrected chi connectivity index (χ1v) is 3.20. The van der Waals surface area contributed by atoms with Gasteiger partial charge in [-0.1, -0.05) is 30.3 Å². The first-order valence-electron chi connectivity index (χ1n) is 4.70. The second-order valence-corrected chi connectivity index (χ2v) is 2.18. The molecule has 0 aliphatic carbocycles. The molecule has 2 heteroatoms. The molecule has 58 valence electrons. The zero-order chi connectivity index (χ0) is 10.8. The van der Waals surface area contributed by atoms with Gasteiger partial charge in [0.1, 0.15) is 0 Å². The van der Waals surface area contributed by atoms with Gasteiger partial charge in [0, 0.05) is 4.11 Å². The van der Waals surface area contributed by atoms with Crippen LogP contribution in [0.2, 0.25) is 0 Å². The van der Waals surface area contributed by atoms with Crippen molar-refractivity contribution >= 4 is 5.97 Å². The maximum absolute atomic E-state index is 10.8. The fourth-order valence-electron chi connectivity index (χ4n) is 0.788. The maximum Gasteiger partial charge on any atom is 0.310 e. The molecule has 2 nitrogen and oxygen atoms in total. The molecule has 0 aliphatic rings. The number of aliphatic carboxylic acids is 1. The third kappa shape index (κ3) is 1.80. The van der Waals surface area contributed by atoms with E-state index in [0.717, 1.165) is 0 Å². The molecule has 1 N–H and O–H groups in total. The minimum atomic E-state index is -2.51. The van der Waals surface area contributed by atoms with Crippen LogP contribution in [0.1, 0.15) is 22.4 Å². The van der Waals surface area contributed by atoms with Crippen molar-refractivity contribution in [3.63, 3.8) is 0 Å². The smallest absolute Gasteiger partial charge is 0.310 e. The third-order valence-electron chi connectivity index (χ3n) is 1.38. The summed E-state index contributed by atoms with van der Waals surface area (Å²) in [5.74, 6) is -2.76. The van der Waals surface area contributed by atoms with Crippen molar-refractivity contribution in [2.45, 2.75) is 12.8 Å². The van der Waals surface area contributed by atoms with E-state index in [-0.39, 0.29) is 0 Å². The molecule has 1 rings (SSSR count). The van der Waals surface area contributed by atoms with Crippen LogP contribution in [0.5, 0.6) is 0 Å². The van der Waals surface area contributed by atoms with Crippen LogP contribution in [-0.2, 0) is 4.79 Å². The minimum Gasteiger partial charge on any atom is -0.481 e. The number of carbonyl (C=O) groups is 1. The topological polar surface area (TPSA) is 37.3 Å². The van der Waals surface area contributed by atoms with Gasteiger partial charge in [-0.2, -0.15) is 0 Å². The van der Waals surface area contributed by atoms with E-state index in [2.05, 4.69) is 0 Å². The largest absolute Gasteiger partial charge is 0.481 e. The van der Waals surface area contributed by atoms with E-state index < -0.39 is 18.7 Å². The van der Waals surface area contributed by atoms with Crippen LogP contribution in [-0.4, -0.2) is 11.1 Å². The molecule has 0 aliphatic heterocycles. The molecule has 0 radical (unpaired) electrons. The van der Waals surface area contributed by atoms with Crippen molar-refractivity contribution in [3.05, 3.63) is 35.9 Å². The van der Waals surface area contributed by atoms with E-state index >= 15 is 0 Å². The quantitative estimate of drug-likeness (QED) is 0.704. The fraction of sp³-hybridized carbons (Fsp3) is 0.222. The highest BCUT2D eigenvalue weighted by molar-refractivity contribution is 5.75. The Morgan fingerprint density at radius 1 is 1.55 bits per heavy atom. The molecule has 0 fully saturated rings. The van der Waals surface area contributed by atoms with Crippen molar-refractivity contribution in [1.82, 2.24) is 0 Å². The fourth-order valence-corrected chi connectivity index (χ4v) is 0.788. The van der Waals surface area contributed by atoms with Crippen LogP contribution in [0, 0.1) is 0 Å². The normalized spacial score (nSPS) is 17.6. The van der Waals surface area contributed by atoms with Gasteiger partial charge in [0.25, 0.3) is 0 Å². The Labute approximate surface area is 69.7 Å². The highest BCUT2D eigenvalue weighted by Crippen LogP contribution is 2.13. The first-order chi connectivity index (χ1) is 6.43. The monoisotopic (exact) mass is 153 g/mol. The number of carboxylic acid groups (broad SMARTS) is 1. The summed E-state index contributed by atoms with van der Waals surface area (Å²) in [6, 6.07) is 7.96. The summed E-state index contributed by atoms with van der Waals surface area (Å²) >= 11 is 0. The Bertz CT molecular complexity index is 319. The first kappa shape index (κ1) is 4.54. The van der Waals surface area contributed by atoms with E-state index in [1.54, 1.807) is 18.2 Å². The van der Waals surface area contributed by atoms with E-state index in [1.165, 1.54) is 12.1 Å². The minimum absolute atomic E-state index is 0.306. The van der Waals surface area contributed by atoms with E-state index in [4.69, 9.17) is 9.22 Å². The summed E-state index contributed by atoms with van der Waals surface area (Å²) in [5, 5.41) is 8.80. The Morgan fingerprint density at radius 3 is 2.64 bits per heavy atom. The predicted octanol–water partition coefficient (Wildman–Crippen LogP) is 1.87. The molecular weight excluding hydrogens is 140 g/mol. The molecule has 1 atom stereocenters. The Hall–Kier alpha value is -1.31. The second kappa shape index (κ2) is 3.19. The van der Waals surface area contributed by atoms with Gasteiger partial charge < -0.3 is 5.11 Å². The standard InChI is InChI=1S/C9H10O2/c1-7(9(10)11)8-5-3-2-4-6-8/h2-7H,1H3,(H,10,11)/i1D3. The van der Waals surface area contributed by atoms with Crippen LogP contribution >= 0.6 is 0 Å². The lowest BCUT2D eigenvalue weighted by Gasteiger charge is -2.04. The number of rotatable bonds is 2. The molecule has 11 heavy (non-hydrogen) atoms. The van der Waals surface area contributed by atoms with Crippen molar-refractivity contribution in [2.75, 3.05) is 0 Å². The highest BCUT2D eigenvalue weighted by atomic mass is 16.4. The predicted molar refractivity (Wildman–Crippen MR) is 42.5 cm³/mol. The van der Waals surface area contributed by atoms with Crippen LogP contribution in [0.3, 0.4) is 0 Å². The molecule has 1 unspecified atom stereocenters. The SMILES string of the molecule is [2H]C([2H])([2H])C(C(=O)O)c1ccccc1. The van der Waals surface area contributed by atoms with Gasteiger partial charge in [0.15, 0.2) is 0 Å². The van der Waals surface area contributed by atoms with E-state index in [9.17, 15) is 4.79 Å². The third-order valence-corrected chi connectivity index (χ3v) is 1.38. The summed E-state index contributed by atoms with van der Waals surface area (Å²) in [7, 11) is 0. The van der Waals surface area contributed by atoms with Crippen LogP contribution in [0.15, 0.2) is 30.3 Å². The van der Waals surface area contributed by atoms with Crippen LogP contribution in [0.25, 0.3) is 0 Å². The molecule has 1 aromatic rings. The molecular formula is C9H10O2. The van der Waals surface area contributed by atoms with E-state index in [0.29, 0.717) is 5.56 Å². The van der Waals surface area contributed by atoms with Gasteiger partial charge in [0.05, 0.1) is 5.92 Å². The summed E-state index contributed by atoms with van der Waals surface area (Å²) in [5.41, 5.74) is 0.306. The van der Waals surface area contributed by atoms with Gasteiger partial charge >= 0.3 is 5.97 Å². The Kier molecular flexibility index (Phi) is 1.32. The summed E-state index contributed by atoms with van der Waals surface area (Å²) in [6.07, 6.45) is 0. The average Bonchev–Trinajstić information content (AvgIpc) is 2.02. The van der Waals surface area contributed by atoms with Gasteiger partial charge in [0.2, 0.25) is 0 Å². The van der Waals surface area contributed by atoms with Crippen molar-refractivity contribution in [1.29, 1.82) is 0 Å². The lowest BCUT2D eigenvalue weighted by atomic mass is 10.0. The summed E-state index contributed by atoms with van der Waals surface area (Å²) in [4.78, 5) is 10.8. The van der Waals surface area contributed by atoms with Crippen molar-refractivity contribution in [3.8, 4) is 0 Å². The summed E-state index contributed by atoms with van der Waals surface area (Å²) in [6.45, 7) is -2.51. The van der Waals surface area contributed by atoms with Gasteiger partial charge in [-0.25, -0.2) is 0 Å². The highest BCUT2D eigenvalue weighted by Gasteiger charge is 2.11. The molecule has 0 heterocycles. The van der Waals surface area contributed by atoms with Crippen LogP contribution < -0.4 is 0 Å². The molecule has 1 aromatic carbocycles. The summed E-state index contributed by atoms with van der Waals surface area (Å²) < 4.78 is 21.3. The lowest BCUT2D eigenvalue weighted by molar-refractivity contribution is -0.138. The van der Waals surface area contributed by atoms with Crippen LogP contribution in [0.4, 0.5) is 0 Å². The van der Waals surface area contributed by atoms with Gasteiger partial charge in [-0.3, -0.25) is 4.79 Å². The molecule has 0 saturated carbocycles. The number of hydrogen-bond acceptors (Lipinski definition) is 1. The molecule has 0 bridgehead atoms.